The Hall–Kier alpha value is -3.54. The molecule has 0 saturated heterocycles. The van der Waals surface area contributed by atoms with Crippen LogP contribution in [0.5, 0.6) is 17.2 Å². The number of nitrogens with zero attached hydrogens (tertiary/aromatic N) is 3. The fraction of sp³-hybridized carbons (Fsp3) is 0.217. The first kappa shape index (κ1) is 17.6. The fourth-order valence-corrected chi connectivity index (χ4v) is 3.90. The number of hydrogen-bond acceptors (Lipinski definition) is 6. The average Bonchev–Trinajstić information content (AvgIpc) is 3.24. The zero-order valence-electron chi connectivity index (χ0n) is 16.3. The molecular formula is C23H21N3O3. The maximum atomic E-state index is 6.37. The third kappa shape index (κ3) is 3.06. The van der Waals surface area contributed by atoms with E-state index in [-0.39, 0.29) is 12.3 Å². The second-order valence-electron chi connectivity index (χ2n) is 7.03. The van der Waals surface area contributed by atoms with Gasteiger partial charge in [-0.3, -0.25) is 4.98 Å². The number of pyridine rings is 1. The van der Waals surface area contributed by atoms with Crippen LogP contribution in [0.25, 0.3) is 0 Å². The van der Waals surface area contributed by atoms with Gasteiger partial charge in [-0.2, -0.15) is 5.10 Å². The van der Waals surface area contributed by atoms with Gasteiger partial charge >= 0.3 is 0 Å². The molecule has 2 aliphatic heterocycles. The zero-order chi connectivity index (χ0) is 19.8. The number of hydrogen-bond donors (Lipinski definition) is 0. The molecule has 146 valence electrons. The summed E-state index contributed by atoms with van der Waals surface area (Å²) in [5.74, 6) is 2.51. The molecule has 1 aromatic heterocycles. The topological polar surface area (TPSA) is 56.2 Å². The minimum atomic E-state index is -0.306. The van der Waals surface area contributed by atoms with Crippen molar-refractivity contribution in [1.82, 2.24) is 9.99 Å². The molecule has 0 unspecified atom stereocenters. The van der Waals surface area contributed by atoms with Crippen molar-refractivity contribution >= 4 is 5.71 Å². The van der Waals surface area contributed by atoms with Gasteiger partial charge in [0, 0.05) is 29.9 Å². The van der Waals surface area contributed by atoms with Gasteiger partial charge in [0.2, 0.25) is 6.23 Å². The minimum Gasteiger partial charge on any atom is -0.497 e. The van der Waals surface area contributed by atoms with Gasteiger partial charge in [-0.05, 0) is 60.2 Å². The summed E-state index contributed by atoms with van der Waals surface area (Å²) in [4.78, 5) is 4.13. The Morgan fingerprint density at radius 1 is 0.931 bits per heavy atom. The van der Waals surface area contributed by atoms with E-state index >= 15 is 0 Å². The van der Waals surface area contributed by atoms with E-state index in [2.05, 4.69) is 9.99 Å². The number of benzene rings is 2. The third-order valence-electron chi connectivity index (χ3n) is 5.41. The maximum Gasteiger partial charge on any atom is 0.213 e. The Morgan fingerprint density at radius 3 is 2.38 bits per heavy atom. The molecule has 5 rings (SSSR count). The predicted molar refractivity (Wildman–Crippen MR) is 109 cm³/mol. The lowest BCUT2D eigenvalue weighted by Crippen LogP contribution is -2.33. The molecule has 0 N–H and O–H groups in total. The zero-order valence-corrected chi connectivity index (χ0v) is 16.3. The first-order valence-electron chi connectivity index (χ1n) is 9.51. The first-order chi connectivity index (χ1) is 14.3. The lowest BCUT2D eigenvalue weighted by atomic mass is 9.95. The summed E-state index contributed by atoms with van der Waals surface area (Å²) in [6, 6.07) is 18.0. The van der Waals surface area contributed by atoms with Crippen molar-refractivity contribution in [2.45, 2.75) is 18.7 Å². The molecule has 3 aromatic rings. The van der Waals surface area contributed by atoms with Gasteiger partial charge in [0.05, 0.1) is 26.0 Å². The van der Waals surface area contributed by atoms with Crippen molar-refractivity contribution in [3.05, 3.63) is 83.7 Å². The molecular weight excluding hydrogens is 366 g/mol. The number of ether oxygens (including phenoxy) is 3. The van der Waals surface area contributed by atoms with Crippen LogP contribution < -0.4 is 14.2 Å². The number of hydrazone groups is 1. The van der Waals surface area contributed by atoms with E-state index < -0.39 is 0 Å². The third-order valence-corrected chi connectivity index (χ3v) is 5.41. The molecule has 0 amide bonds. The van der Waals surface area contributed by atoms with Crippen molar-refractivity contribution in [3.8, 4) is 17.2 Å². The van der Waals surface area contributed by atoms with Gasteiger partial charge in [-0.25, -0.2) is 5.01 Å². The molecule has 6 heteroatoms. The van der Waals surface area contributed by atoms with Crippen LogP contribution in [0.15, 0.2) is 72.1 Å². The molecule has 0 fully saturated rings. The molecule has 0 aliphatic carbocycles. The lowest BCUT2D eigenvalue weighted by Gasteiger charge is -2.38. The SMILES string of the molecule is COc1ccc(C2=NN3[C@H](C2)c2cc(OC)ccc2O[C@@H]3c2ccncc2)cc1. The van der Waals surface area contributed by atoms with Crippen LogP contribution in [0.2, 0.25) is 0 Å². The van der Waals surface area contributed by atoms with E-state index in [9.17, 15) is 0 Å². The van der Waals surface area contributed by atoms with Crippen molar-refractivity contribution in [2.75, 3.05) is 14.2 Å². The van der Waals surface area contributed by atoms with Gasteiger partial charge in [-0.15, -0.1) is 0 Å². The molecule has 0 bridgehead atoms. The summed E-state index contributed by atoms with van der Waals surface area (Å²) >= 11 is 0. The van der Waals surface area contributed by atoms with Crippen LogP contribution in [0.1, 0.15) is 35.4 Å². The van der Waals surface area contributed by atoms with E-state index in [1.807, 2.05) is 54.6 Å². The highest BCUT2D eigenvalue weighted by Crippen LogP contribution is 2.48. The Morgan fingerprint density at radius 2 is 1.66 bits per heavy atom. The van der Waals surface area contributed by atoms with Gasteiger partial charge in [0.25, 0.3) is 0 Å². The van der Waals surface area contributed by atoms with Crippen LogP contribution in [0, 0.1) is 0 Å². The normalized spacial score (nSPS) is 19.7. The molecule has 2 atom stereocenters. The average molecular weight is 387 g/mol. The van der Waals surface area contributed by atoms with Crippen molar-refractivity contribution in [3.63, 3.8) is 0 Å². The number of aromatic nitrogens is 1. The van der Waals surface area contributed by atoms with Crippen molar-refractivity contribution in [1.29, 1.82) is 0 Å². The van der Waals surface area contributed by atoms with Crippen LogP contribution in [0.4, 0.5) is 0 Å². The largest absolute Gasteiger partial charge is 0.497 e. The smallest absolute Gasteiger partial charge is 0.213 e. The van der Waals surface area contributed by atoms with Crippen molar-refractivity contribution in [2.24, 2.45) is 5.10 Å². The van der Waals surface area contributed by atoms with Crippen molar-refractivity contribution < 1.29 is 14.2 Å². The van der Waals surface area contributed by atoms with E-state index in [1.54, 1.807) is 26.6 Å². The lowest BCUT2D eigenvalue weighted by molar-refractivity contribution is -0.0192. The van der Waals surface area contributed by atoms with E-state index in [0.29, 0.717) is 0 Å². The number of fused-ring (bicyclic) bond motifs is 3. The minimum absolute atomic E-state index is 0.0733. The van der Waals surface area contributed by atoms with Gasteiger partial charge in [-0.1, -0.05) is 0 Å². The molecule has 29 heavy (non-hydrogen) atoms. The monoisotopic (exact) mass is 387 g/mol. The molecule has 2 aromatic carbocycles. The van der Waals surface area contributed by atoms with Crippen LogP contribution in [-0.2, 0) is 0 Å². The Balaban J connectivity index is 1.57. The Bertz CT molecular complexity index is 1050. The molecule has 0 radical (unpaired) electrons. The molecule has 2 aliphatic rings. The van der Waals surface area contributed by atoms with Crippen LogP contribution in [0.3, 0.4) is 0 Å². The summed E-state index contributed by atoms with van der Waals surface area (Å²) in [7, 11) is 3.35. The van der Waals surface area contributed by atoms with Crippen LogP contribution >= 0.6 is 0 Å². The molecule has 0 saturated carbocycles. The highest BCUT2D eigenvalue weighted by atomic mass is 16.5. The number of rotatable bonds is 4. The molecule has 0 spiro atoms. The van der Waals surface area contributed by atoms with Gasteiger partial charge in [0.1, 0.15) is 17.2 Å². The standard InChI is InChI=1S/C23H21N3O3/c1-27-17-5-3-15(4-6-17)20-14-21-19-13-18(28-2)7-8-22(19)29-23(26(21)25-20)16-9-11-24-12-10-16/h3-13,21,23H,14H2,1-2H3/t21-,23-/m1/s1. The van der Waals surface area contributed by atoms with Gasteiger partial charge < -0.3 is 14.2 Å². The number of methoxy groups -OCH3 is 2. The summed E-state index contributed by atoms with van der Waals surface area (Å²) < 4.78 is 17.1. The summed E-state index contributed by atoms with van der Waals surface area (Å²) in [5.41, 5.74) is 4.21. The fourth-order valence-electron chi connectivity index (χ4n) is 3.90. The second-order valence-corrected chi connectivity index (χ2v) is 7.03. The summed E-state index contributed by atoms with van der Waals surface area (Å²) in [6.07, 6.45) is 4.04. The maximum absolute atomic E-state index is 6.37. The Kier molecular flexibility index (Phi) is 4.31. The molecule has 6 nitrogen and oxygen atoms in total. The van der Waals surface area contributed by atoms with Crippen LogP contribution in [-0.4, -0.2) is 29.9 Å². The summed E-state index contributed by atoms with van der Waals surface area (Å²) in [5, 5.41) is 7.02. The second kappa shape index (κ2) is 7.13. The first-order valence-corrected chi connectivity index (χ1v) is 9.51. The van der Waals surface area contributed by atoms with E-state index in [0.717, 1.165) is 46.1 Å². The van der Waals surface area contributed by atoms with Gasteiger partial charge in [0.15, 0.2) is 0 Å². The quantitative estimate of drug-likeness (QED) is 0.667. The summed E-state index contributed by atoms with van der Waals surface area (Å²) in [6.45, 7) is 0. The highest BCUT2D eigenvalue weighted by Gasteiger charge is 2.41. The molecule has 3 heterocycles. The van der Waals surface area contributed by atoms with E-state index in [1.165, 1.54) is 0 Å². The van der Waals surface area contributed by atoms with E-state index in [4.69, 9.17) is 19.3 Å². The Labute approximate surface area is 169 Å². The highest BCUT2D eigenvalue weighted by molar-refractivity contribution is 6.02. The predicted octanol–water partition coefficient (Wildman–Crippen LogP) is 4.34.